The van der Waals surface area contributed by atoms with Crippen molar-refractivity contribution in [2.75, 3.05) is 0 Å². The van der Waals surface area contributed by atoms with Gasteiger partial charge in [0.25, 0.3) is 0 Å². The number of hydrogen-bond acceptors (Lipinski definition) is 1. The maximum atomic E-state index is 6.43. The normalized spacial score (nSPS) is 14.4. The summed E-state index contributed by atoms with van der Waals surface area (Å²) in [5, 5.41) is 2.69. The van der Waals surface area contributed by atoms with Crippen LogP contribution in [0.1, 0.15) is 62.3 Å². The fourth-order valence-electron chi connectivity index (χ4n) is 3.96. The minimum Gasteiger partial charge on any atom is -0.483 e. The van der Waals surface area contributed by atoms with Crippen molar-refractivity contribution in [3.8, 4) is 5.75 Å². The highest BCUT2D eigenvalue weighted by Crippen LogP contribution is 2.35. The molecule has 0 bridgehead atoms. The largest absolute Gasteiger partial charge is 0.483 e. The van der Waals surface area contributed by atoms with Gasteiger partial charge in [-0.15, -0.1) is 0 Å². The van der Waals surface area contributed by atoms with Crippen LogP contribution in [0.2, 0.25) is 0 Å². The van der Waals surface area contributed by atoms with Gasteiger partial charge in [-0.3, -0.25) is 0 Å². The first kappa shape index (κ1) is 17.9. The molecule has 0 N–H and O–H groups in total. The molecule has 138 valence electrons. The van der Waals surface area contributed by atoms with E-state index in [0.717, 1.165) is 18.6 Å². The zero-order valence-corrected chi connectivity index (χ0v) is 16.8. The zero-order chi connectivity index (χ0) is 19.0. The number of allylic oxidation sites excluding steroid dienone is 1. The molecule has 1 aliphatic carbocycles. The monoisotopic (exact) mass is 356 g/mol. The molecule has 3 aromatic rings. The van der Waals surface area contributed by atoms with Crippen LogP contribution in [-0.4, -0.2) is 0 Å². The molecule has 0 aromatic heterocycles. The third-order valence-corrected chi connectivity index (χ3v) is 5.86. The van der Waals surface area contributed by atoms with Crippen molar-refractivity contribution in [1.82, 2.24) is 0 Å². The number of ether oxygens (including phenoxy) is 1. The summed E-state index contributed by atoms with van der Waals surface area (Å²) in [5.41, 5.74) is 4.89. The lowest BCUT2D eigenvalue weighted by Crippen LogP contribution is -2.25. The van der Waals surface area contributed by atoms with Gasteiger partial charge >= 0.3 is 0 Å². The lowest BCUT2D eigenvalue weighted by molar-refractivity contribution is 0.109. The van der Waals surface area contributed by atoms with E-state index < -0.39 is 5.60 Å². The summed E-state index contributed by atoms with van der Waals surface area (Å²) >= 11 is 0. The Morgan fingerprint density at radius 1 is 1.04 bits per heavy atom. The molecule has 0 amide bonds. The van der Waals surface area contributed by atoms with Gasteiger partial charge < -0.3 is 4.74 Å². The Morgan fingerprint density at radius 2 is 1.81 bits per heavy atom. The van der Waals surface area contributed by atoms with E-state index in [-0.39, 0.29) is 0 Å². The van der Waals surface area contributed by atoms with Crippen molar-refractivity contribution in [2.24, 2.45) is 0 Å². The Labute approximate surface area is 162 Å². The van der Waals surface area contributed by atoms with Crippen LogP contribution < -0.4 is 4.74 Å². The van der Waals surface area contributed by atoms with E-state index in [1.807, 2.05) is 0 Å². The van der Waals surface area contributed by atoms with Gasteiger partial charge in [-0.25, -0.2) is 0 Å². The molecule has 0 aliphatic heterocycles. The third kappa shape index (κ3) is 3.39. The van der Waals surface area contributed by atoms with E-state index in [4.69, 9.17) is 4.74 Å². The molecule has 0 saturated carbocycles. The predicted molar refractivity (Wildman–Crippen MR) is 115 cm³/mol. The number of benzene rings is 3. The third-order valence-electron chi connectivity index (χ3n) is 5.86. The van der Waals surface area contributed by atoms with Gasteiger partial charge in [0.1, 0.15) is 11.4 Å². The molecule has 0 heterocycles. The Morgan fingerprint density at radius 3 is 2.56 bits per heavy atom. The highest BCUT2D eigenvalue weighted by molar-refractivity contribution is 5.95. The molecular weight excluding hydrogens is 328 g/mol. The fraction of sp³-hybridized carbons (Fsp3) is 0.308. The molecule has 3 aromatic carbocycles. The second-order valence-corrected chi connectivity index (χ2v) is 8.18. The first-order valence-corrected chi connectivity index (χ1v) is 9.99. The highest BCUT2D eigenvalue weighted by Gasteiger charge is 2.25. The van der Waals surface area contributed by atoms with Gasteiger partial charge in [-0.2, -0.15) is 0 Å². The van der Waals surface area contributed by atoms with Gasteiger partial charge in [0.15, 0.2) is 0 Å². The van der Waals surface area contributed by atoms with Crippen molar-refractivity contribution < 1.29 is 4.74 Å². The minimum absolute atomic E-state index is 0.399. The Kier molecular flexibility index (Phi) is 4.55. The first-order chi connectivity index (χ1) is 13.0. The van der Waals surface area contributed by atoms with Crippen LogP contribution in [-0.2, 0) is 12.0 Å². The molecule has 27 heavy (non-hydrogen) atoms. The van der Waals surface area contributed by atoms with Crippen LogP contribution in [0.3, 0.4) is 0 Å². The SMILES string of the molecule is CCC(C)c1ccc(OC(C)(C)c2cc3c4c(cccc4c2)CC=C3)cc1. The average Bonchev–Trinajstić information content (AvgIpc) is 2.68. The molecular formula is C26H28O. The lowest BCUT2D eigenvalue weighted by Gasteiger charge is -2.29. The minimum atomic E-state index is -0.399. The molecule has 0 fully saturated rings. The van der Waals surface area contributed by atoms with Gasteiger partial charge in [0.05, 0.1) is 0 Å². The summed E-state index contributed by atoms with van der Waals surface area (Å²) in [6, 6.07) is 19.8. The summed E-state index contributed by atoms with van der Waals surface area (Å²) in [7, 11) is 0. The van der Waals surface area contributed by atoms with Gasteiger partial charge in [-0.1, -0.05) is 56.3 Å². The molecule has 4 rings (SSSR count). The molecule has 1 atom stereocenters. The van der Waals surface area contributed by atoms with Crippen LogP contribution in [0.4, 0.5) is 0 Å². The predicted octanol–water partition coefficient (Wildman–Crippen LogP) is 7.24. The lowest BCUT2D eigenvalue weighted by atomic mass is 9.87. The zero-order valence-electron chi connectivity index (χ0n) is 16.8. The number of rotatable bonds is 5. The van der Waals surface area contributed by atoms with Crippen molar-refractivity contribution in [3.63, 3.8) is 0 Å². The second-order valence-electron chi connectivity index (χ2n) is 8.18. The van der Waals surface area contributed by atoms with Crippen molar-refractivity contribution in [1.29, 1.82) is 0 Å². The molecule has 1 heteroatoms. The van der Waals surface area contributed by atoms with E-state index in [1.165, 1.54) is 33.0 Å². The van der Waals surface area contributed by atoms with Crippen molar-refractivity contribution in [2.45, 2.75) is 52.1 Å². The van der Waals surface area contributed by atoms with E-state index in [0.29, 0.717) is 5.92 Å². The Bertz CT molecular complexity index is 993. The molecule has 1 nitrogen and oxygen atoms in total. The summed E-state index contributed by atoms with van der Waals surface area (Å²) in [4.78, 5) is 0. The molecule has 1 aliphatic rings. The van der Waals surface area contributed by atoms with Gasteiger partial charge in [-0.05, 0) is 89.9 Å². The Balaban J connectivity index is 1.67. The van der Waals surface area contributed by atoms with Crippen molar-refractivity contribution >= 4 is 16.8 Å². The summed E-state index contributed by atoms with van der Waals surface area (Å²) < 4.78 is 6.43. The van der Waals surface area contributed by atoms with Crippen LogP contribution in [0.5, 0.6) is 5.75 Å². The van der Waals surface area contributed by atoms with E-state index in [9.17, 15) is 0 Å². The molecule has 0 spiro atoms. The van der Waals surface area contributed by atoms with Gasteiger partial charge in [0, 0.05) is 0 Å². The van der Waals surface area contributed by atoms with E-state index in [2.05, 4.69) is 94.4 Å². The topological polar surface area (TPSA) is 9.23 Å². The summed E-state index contributed by atoms with van der Waals surface area (Å²) in [6.07, 6.45) is 6.67. The molecule has 0 saturated heterocycles. The van der Waals surface area contributed by atoms with Crippen molar-refractivity contribution in [3.05, 3.63) is 82.9 Å². The average molecular weight is 357 g/mol. The maximum Gasteiger partial charge on any atom is 0.128 e. The van der Waals surface area contributed by atoms with Gasteiger partial charge in [0.2, 0.25) is 0 Å². The first-order valence-electron chi connectivity index (χ1n) is 9.99. The molecule has 1 unspecified atom stereocenters. The quantitative estimate of drug-likeness (QED) is 0.468. The van der Waals surface area contributed by atoms with Crippen LogP contribution in [0.15, 0.2) is 60.7 Å². The highest BCUT2D eigenvalue weighted by atomic mass is 16.5. The second kappa shape index (κ2) is 6.88. The fourth-order valence-corrected chi connectivity index (χ4v) is 3.96. The smallest absolute Gasteiger partial charge is 0.128 e. The number of hydrogen-bond donors (Lipinski definition) is 0. The summed E-state index contributed by atoms with van der Waals surface area (Å²) in [5.74, 6) is 1.51. The Hall–Kier alpha value is -2.54. The molecule has 0 radical (unpaired) electrons. The standard InChI is InChI=1S/C26H28O/c1-5-18(2)19-12-14-24(15-13-19)27-26(3,4)23-16-21-10-6-8-20-9-7-11-22(17-23)25(20)21/h6-8,10-18H,5,9H2,1-4H3. The van der Waals surface area contributed by atoms with Crippen LogP contribution in [0, 0.1) is 0 Å². The maximum absolute atomic E-state index is 6.43. The van der Waals surface area contributed by atoms with Crippen LogP contribution >= 0.6 is 0 Å². The van der Waals surface area contributed by atoms with E-state index in [1.54, 1.807) is 0 Å². The van der Waals surface area contributed by atoms with Crippen LogP contribution in [0.25, 0.3) is 16.8 Å². The summed E-state index contributed by atoms with van der Waals surface area (Å²) in [6.45, 7) is 8.80. The van der Waals surface area contributed by atoms with E-state index >= 15 is 0 Å².